The number of nitrogens with two attached hydrogens (primary N) is 1. The second-order valence-corrected chi connectivity index (χ2v) is 4.27. The van der Waals surface area contributed by atoms with Crippen molar-refractivity contribution >= 4 is 27.5 Å². The summed E-state index contributed by atoms with van der Waals surface area (Å²) in [5.74, 6) is -0.0223. The van der Waals surface area contributed by atoms with E-state index in [-0.39, 0.29) is 5.75 Å². The van der Waals surface area contributed by atoms with E-state index >= 15 is 0 Å². The zero-order valence-electron chi connectivity index (χ0n) is 7.54. The van der Waals surface area contributed by atoms with E-state index in [9.17, 15) is 10.2 Å². The fraction of sp³-hybridized carbons (Fsp3) is 0.333. The molecule has 0 saturated heterocycles. The van der Waals surface area contributed by atoms with Gasteiger partial charge >= 0.3 is 0 Å². The highest BCUT2D eigenvalue weighted by Crippen LogP contribution is 2.37. The van der Waals surface area contributed by atoms with Gasteiger partial charge in [0.2, 0.25) is 0 Å². The first-order valence-corrected chi connectivity index (χ1v) is 5.22. The zero-order chi connectivity index (χ0) is 10.9. The van der Waals surface area contributed by atoms with Crippen molar-refractivity contribution in [2.75, 3.05) is 0 Å². The van der Waals surface area contributed by atoms with E-state index in [1.165, 1.54) is 0 Å². The number of aromatic hydroxyl groups is 1. The van der Waals surface area contributed by atoms with Crippen molar-refractivity contribution in [1.29, 1.82) is 0 Å². The molecule has 1 aromatic carbocycles. The zero-order valence-corrected chi connectivity index (χ0v) is 9.88. The van der Waals surface area contributed by atoms with E-state index in [0.717, 1.165) is 0 Å². The molecule has 0 spiro atoms. The average molecular weight is 281 g/mol. The third-order valence-electron chi connectivity index (χ3n) is 1.98. The lowest BCUT2D eigenvalue weighted by Gasteiger charge is -2.17. The van der Waals surface area contributed by atoms with Gasteiger partial charge in [0, 0.05) is 5.56 Å². The first-order valence-electron chi connectivity index (χ1n) is 4.05. The maximum Gasteiger partial charge on any atom is 0.136 e. The van der Waals surface area contributed by atoms with Crippen molar-refractivity contribution in [1.82, 2.24) is 0 Å². The van der Waals surface area contributed by atoms with Crippen LogP contribution in [0.15, 0.2) is 16.6 Å². The van der Waals surface area contributed by atoms with Crippen LogP contribution in [0.2, 0.25) is 5.02 Å². The highest BCUT2D eigenvalue weighted by atomic mass is 79.9. The van der Waals surface area contributed by atoms with Crippen molar-refractivity contribution in [2.24, 2.45) is 5.73 Å². The molecule has 2 atom stereocenters. The lowest BCUT2D eigenvalue weighted by Crippen LogP contribution is -2.23. The molecule has 1 rings (SSSR count). The molecule has 0 aliphatic heterocycles. The fourth-order valence-corrected chi connectivity index (χ4v) is 1.60. The van der Waals surface area contributed by atoms with Crippen LogP contribution < -0.4 is 5.73 Å². The Kier molecular flexibility index (Phi) is 3.78. The molecule has 78 valence electrons. The van der Waals surface area contributed by atoms with Crippen LogP contribution in [0.5, 0.6) is 5.75 Å². The SMILES string of the molecule is C[C@@H](O)[C@@H](N)c1ccc(Cl)c(Br)c1O. The van der Waals surface area contributed by atoms with Gasteiger partial charge in [-0.25, -0.2) is 0 Å². The smallest absolute Gasteiger partial charge is 0.136 e. The minimum absolute atomic E-state index is 0.0223. The van der Waals surface area contributed by atoms with E-state index in [2.05, 4.69) is 15.9 Å². The van der Waals surface area contributed by atoms with Crippen molar-refractivity contribution < 1.29 is 10.2 Å². The van der Waals surface area contributed by atoms with Crippen LogP contribution in [0.4, 0.5) is 0 Å². The monoisotopic (exact) mass is 279 g/mol. The number of aliphatic hydroxyl groups excluding tert-OH is 1. The van der Waals surface area contributed by atoms with Gasteiger partial charge in [0.25, 0.3) is 0 Å². The molecule has 0 aliphatic rings. The van der Waals surface area contributed by atoms with Gasteiger partial charge in [-0.3, -0.25) is 0 Å². The van der Waals surface area contributed by atoms with Crippen LogP contribution in [0.1, 0.15) is 18.5 Å². The molecule has 0 heterocycles. The van der Waals surface area contributed by atoms with Gasteiger partial charge in [-0.2, -0.15) is 0 Å². The van der Waals surface area contributed by atoms with Crippen LogP contribution in [-0.2, 0) is 0 Å². The van der Waals surface area contributed by atoms with E-state index in [1.54, 1.807) is 19.1 Å². The number of aliphatic hydroxyl groups is 1. The molecular formula is C9H11BrClNO2. The summed E-state index contributed by atoms with van der Waals surface area (Å²) in [7, 11) is 0. The van der Waals surface area contributed by atoms with Crippen LogP contribution in [0.25, 0.3) is 0 Å². The average Bonchev–Trinajstić information content (AvgIpc) is 2.13. The lowest BCUT2D eigenvalue weighted by molar-refractivity contribution is 0.163. The van der Waals surface area contributed by atoms with Gasteiger partial charge in [0.1, 0.15) is 5.75 Å². The van der Waals surface area contributed by atoms with Crippen LogP contribution in [-0.4, -0.2) is 16.3 Å². The Labute approximate surface area is 95.6 Å². The van der Waals surface area contributed by atoms with Crippen molar-refractivity contribution in [3.8, 4) is 5.75 Å². The molecule has 0 unspecified atom stereocenters. The Morgan fingerprint density at radius 2 is 2.07 bits per heavy atom. The molecule has 14 heavy (non-hydrogen) atoms. The van der Waals surface area contributed by atoms with Gasteiger partial charge in [0.05, 0.1) is 21.6 Å². The summed E-state index contributed by atoms with van der Waals surface area (Å²) in [4.78, 5) is 0. The Morgan fingerprint density at radius 1 is 1.50 bits per heavy atom. The maximum atomic E-state index is 9.68. The van der Waals surface area contributed by atoms with Crippen molar-refractivity contribution in [2.45, 2.75) is 19.1 Å². The molecule has 5 heteroatoms. The van der Waals surface area contributed by atoms with Gasteiger partial charge in [-0.15, -0.1) is 0 Å². The van der Waals surface area contributed by atoms with Crippen LogP contribution in [0.3, 0.4) is 0 Å². The Morgan fingerprint density at radius 3 is 2.57 bits per heavy atom. The summed E-state index contributed by atoms with van der Waals surface area (Å²) in [6.45, 7) is 1.56. The molecule has 0 saturated carbocycles. The summed E-state index contributed by atoms with van der Waals surface area (Å²) in [5.41, 5.74) is 6.15. The quantitative estimate of drug-likeness (QED) is 0.778. The highest BCUT2D eigenvalue weighted by molar-refractivity contribution is 9.10. The van der Waals surface area contributed by atoms with Gasteiger partial charge < -0.3 is 15.9 Å². The van der Waals surface area contributed by atoms with Crippen molar-refractivity contribution in [3.63, 3.8) is 0 Å². The summed E-state index contributed by atoms with van der Waals surface area (Å²) in [5, 5.41) is 19.4. The predicted molar refractivity (Wildman–Crippen MR) is 59.4 cm³/mol. The number of hydrogen-bond acceptors (Lipinski definition) is 3. The van der Waals surface area contributed by atoms with E-state index in [0.29, 0.717) is 15.1 Å². The predicted octanol–water partition coefficient (Wildman–Crippen LogP) is 2.19. The second kappa shape index (κ2) is 4.49. The second-order valence-electron chi connectivity index (χ2n) is 3.07. The van der Waals surface area contributed by atoms with Gasteiger partial charge in [-0.05, 0) is 28.9 Å². The number of phenolic OH excluding ortho intramolecular Hbond substituents is 1. The highest BCUT2D eigenvalue weighted by Gasteiger charge is 2.18. The summed E-state index contributed by atoms with van der Waals surface area (Å²) in [6.07, 6.45) is -0.728. The first-order chi connectivity index (χ1) is 6.45. The fourth-order valence-electron chi connectivity index (χ4n) is 1.08. The van der Waals surface area contributed by atoms with Gasteiger partial charge in [-0.1, -0.05) is 17.7 Å². The molecule has 3 nitrogen and oxygen atoms in total. The molecule has 0 aliphatic carbocycles. The summed E-state index contributed by atoms with van der Waals surface area (Å²) >= 11 is 8.89. The third-order valence-corrected chi connectivity index (χ3v) is 3.33. The third kappa shape index (κ3) is 2.20. The molecule has 0 amide bonds. The van der Waals surface area contributed by atoms with E-state index in [4.69, 9.17) is 17.3 Å². The number of rotatable bonds is 2. The molecular weight excluding hydrogens is 269 g/mol. The summed E-state index contributed by atoms with van der Waals surface area (Å²) < 4.78 is 0.396. The van der Waals surface area contributed by atoms with E-state index in [1.807, 2.05) is 0 Å². The molecule has 1 aromatic rings. The minimum atomic E-state index is -0.728. The molecule has 0 aromatic heterocycles. The Bertz CT molecular complexity index is 344. The number of hydrogen-bond donors (Lipinski definition) is 3. The molecule has 0 radical (unpaired) electrons. The molecule has 0 fully saturated rings. The normalized spacial score (nSPS) is 15.2. The topological polar surface area (TPSA) is 66.5 Å². The largest absolute Gasteiger partial charge is 0.506 e. The minimum Gasteiger partial charge on any atom is -0.506 e. The number of phenols is 1. The Balaban J connectivity index is 3.17. The number of halogens is 2. The number of benzene rings is 1. The lowest BCUT2D eigenvalue weighted by atomic mass is 10.0. The molecule has 4 N–H and O–H groups in total. The molecule has 0 bridgehead atoms. The maximum absolute atomic E-state index is 9.68. The van der Waals surface area contributed by atoms with Crippen molar-refractivity contribution in [3.05, 3.63) is 27.2 Å². The first kappa shape index (κ1) is 11.8. The van der Waals surface area contributed by atoms with Crippen LogP contribution in [0, 0.1) is 0 Å². The summed E-state index contributed by atoms with van der Waals surface area (Å²) in [6, 6.07) is 2.59. The van der Waals surface area contributed by atoms with E-state index < -0.39 is 12.1 Å². The Hall–Kier alpha value is -0.290. The van der Waals surface area contributed by atoms with Gasteiger partial charge in [0.15, 0.2) is 0 Å². The standard InChI is InChI=1S/C9H11BrClNO2/c1-4(13)8(12)5-2-3-6(11)7(10)9(5)14/h2-4,8,13-14H,12H2,1H3/t4-,8-/m1/s1. The van der Waals surface area contributed by atoms with Crippen LogP contribution >= 0.6 is 27.5 Å².